The maximum Gasteiger partial charge on any atom is 0.288 e. The van der Waals surface area contributed by atoms with Crippen molar-refractivity contribution in [2.24, 2.45) is 0 Å². The Morgan fingerprint density at radius 3 is 2.59 bits per heavy atom. The van der Waals surface area contributed by atoms with Crippen molar-refractivity contribution in [3.05, 3.63) is 47.4 Å². The molecule has 4 rings (SSSR count). The van der Waals surface area contributed by atoms with E-state index in [-0.39, 0.29) is 0 Å². The van der Waals surface area contributed by atoms with Crippen molar-refractivity contribution < 1.29 is 13.9 Å². The van der Waals surface area contributed by atoms with Crippen molar-refractivity contribution in [3.8, 4) is 23.0 Å². The Bertz CT molecular complexity index is 1010. The number of piperazine rings is 1. The minimum atomic E-state index is 0.338. The fourth-order valence-corrected chi connectivity index (χ4v) is 3.51. The van der Waals surface area contributed by atoms with Crippen LogP contribution in [-0.4, -0.2) is 60.1 Å². The Labute approximate surface area is 174 Å². The predicted molar refractivity (Wildman–Crippen MR) is 112 cm³/mol. The van der Waals surface area contributed by atoms with Gasteiger partial charge in [-0.1, -0.05) is 6.07 Å². The Morgan fingerprint density at radius 2 is 1.90 bits per heavy atom. The number of hydrogen-bond acceptors (Lipinski definition) is 8. The van der Waals surface area contributed by atoms with E-state index in [1.54, 1.807) is 25.0 Å². The smallest absolute Gasteiger partial charge is 0.288 e. The molecule has 0 unspecified atom stereocenters. The maximum atomic E-state index is 5.75. The van der Waals surface area contributed by atoms with Crippen molar-refractivity contribution in [2.45, 2.75) is 6.67 Å². The molecule has 0 spiro atoms. The van der Waals surface area contributed by atoms with Crippen LogP contribution < -0.4 is 14.4 Å². The van der Waals surface area contributed by atoms with Crippen LogP contribution in [0, 0.1) is 4.84 Å². The first-order valence-corrected chi connectivity index (χ1v) is 9.77. The average molecular weight is 414 g/mol. The second kappa shape index (κ2) is 8.62. The number of pyridine rings is 1. The molecule has 1 fully saturated rings. The highest BCUT2D eigenvalue weighted by Gasteiger charge is 2.20. The highest BCUT2D eigenvalue weighted by Crippen LogP contribution is 2.32. The Balaban J connectivity index is 1.45. The number of anilines is 1. The molecule has 0 radical (unpaired) electrons. The van der Waals surface area contributed by atoms with Gasteiger partial charge in [-0.05, 0) is 36.5 Å². The summed E-state index contributed by atoms with van der Waals surface area (Å²) in [5, 5.41) is 4.57. The number of rotatable bonds is 6. The lowest BCUT2D eigenvalue weighted by atomic mass is 10.2. The van der Waals surface area contributed by atoms with E-state index in [1.165, 1.54) is 0 Å². The molecule has 2 aromatic heterocycles. The van der Waals surface area contributed by atoms with E-state index in [0.717, 1.165) is 37.6 Å². The maximum absolute atomic E-state index is 5.75. The van der Waals surface area contributed by atoms with E-state index < -0.39 is 0 Å². The number of benzene rings is 1. The summed E-state index contributed by atoms with van der Waals surface area (Å²) < 4.78 is 18.2. The highest BCUT2D eigenvalue weighted by atomic mass is 32.1. The summed E-state index contributed by atoms with van der Waals surface area (Å²) in [6.45, 7) is 4.18. The molecule has 9 heteroatoms. The molecule has 1 aromatic carbocycles. The molecule has 1 aliphatic rings. The fraction of sp³-hybridized carbons (Fsp3) is 0.350. The van der Waals surface area contributed by atoms with Crippen LogP contribution in [0.2, 0.25) is 0 Å². The molecule has 3 heterocycles. The van der Waals surface area contributed by atoms with Crippen LogP contribution in [-0.2, 0) is 6.67 Å². The number of hydrogen-bond donors (Lipinski definition) is 0. The summed E-state index contributed by atoms with van der Waals surface area (Å²) in [4.78, 5) is 9.35. The van der Waals surface area contributed by atoms with Crippen molar-refractivity contribution in [1.29, 1.82) is 0 Å². The zero-order chi connectivity index (χ0) is 20.2. The average Bonchev–Trinajstić information content (AvgIpc) is 3.14. The van der Waals surface area contributed by atoms with Gasteiger partial charge in [0.25, 0.3) is 10.7 Å². The minimum absolute atomic E-state index is 0.338. The minimum Gasteiger partial charge on any atom is -0.497 e. The molecular weight excluding hydrogens is 390 g/mol. The molecule has 0 atom stereocenters. The molecule has 1 aliphatic heterocycles. The third-order valence-corrected chi connectivity index (χ3v) is 5.22. The van der Waals surface area contributed by atoms with Gasteiger partial charge in [0.15, 0.2) is 0 Å². The fourth-order valence-electron chi connectivity index (χ4n) is 3.33. The topological polar surface area (TPSA) is 68.8 Å². The van der Waals surface area contributed by atoms with Crippen molar-refractivity contribution in [3.63, 3.8) is 0 Å². The van der Waals surface area contributed by atoms with Crippen LogP contribution in [0.4, 0.5) is 5.82 Å². The van der Waals surface area contributed by atoms with Gasteiger partial charge in [-0.3, -0.25) is 4.90 Å². The molecule has 1 saturated heterocycles. The molecule has 0 amide bonds. The monoisotopic (exact) mass is 413 g/mol. The van der Waals surface area contributed by atoms with Crippen molar-refractivity contribution in [1.82, 2.24) is 19.7 Å². The summed E-state index contributed by atoms with van der Waals surface area (Å²) >= 11 is 5.39. The summed E-state index contributed by atoms with van der Waals surface area (Å²) in [7, 11) is 3.22. The number of aromatic nitrogens is 3. The molecular formula is C20H23N5O3S. The third kappa shape index (κ3) is 4.25. The normalized spacial score (nSPS) is 14.8. The highest BCUT2D eigenvalue weighted by molar-refractivity contribution is 7.71. The van der Waals surface area contributed by atoms with E-state index in [9.17, 15) is 0 Å². The first kappa shape index (κ1) is 19.4. The first-order chi connectivity index (χ1) is 14.2. The molecule has 0 N–H and O–H groups in total. The van der Waals surface area contributed by atoms with Gasteiger partial charge in [-0.15, -0.1) is 5.10 Å². The lowest BCUT2D eigenvalue weighted by Gasteiger charge is -2.34. The Morgan fingerprint density at radius 1 is 1.07 bits per heavy atom. The van der Waals surface area contributed by atoms with Crippen LogP contribution in [0.15, 0.2) is 47.0 Å². The lowest BCUT2D eigenvalue weighted by molar-refractivity contribution is 0.192. The Hall–Kier alpha value is -2.91. The van der Waals surface area contributed by atoms with Gasteiger partial charge in [-0.25, -0.2) is 9.67 Å². The Kier molecular flexibility index (Phi) is 5.77. The van der Waals surface area contributed by atoms with Crippen LogP contribution in [0.1, 0.15) is 0 Å². The van der Waals surface area contributed by atoms with Gasteiger partial charge < -0.3 is 18.8 Å². The van der Waals surface area contributed by atoms with Crippen LogP contribution in [0.3, 0.4) is 0 Å². The van der Waals surface area contributed by atoms with Gasteiger partial charge in [0.1, 0.15) is 17.3 Å². The summed E-state index contributed by atoms with van der Waals surface area (Å²) in [6.07, 6.45) is 1.82. The molecule has 0 saturated carbocycles. The van der Waals surface area contributed by atoms with Crippen molar-refractivity contribution in [2.75, 3.05) is 45.3 Å². The summed E-state index contributed by atoms with van der Waals surface area (Å²) in [5.74, 6) is 2.77. The first-order valence-electron chi connectivity index (χ1n) is 9.36. The molecule has 0 bridgehead atoms. The second-order valence-corrected chi connectivity index (χ2v) is 7.02. The zero-order valence-electron chi connectivity index (χ0n) is 16.4. The third-order valence-electron chi connectivity index (χ3n) is 4.92. The summed E-state index contributed by atoms with van der Waals surface area (Å²) in [5.41, 5.74) is 0.734. The standard InChI is InChI=1S/C20H23N5O3S/c1-26-15-6-7-16(17(13-15)27-2)19-22-25(20(29)28-19)14-23-9-11-24(12-10-23)18-5-3-4-8-21-18/h3-8,13H,9-12,14H2,1-2H3. The predicted octanol–water partition coefficient (Wildman–Crippen LogP) is 3.06. The molecule has 29 heavy (non-hydrogen) atoms. The van der Waals surface area contributed by atoms with E-state index in [0.29, 0.717) is 28.9 Å². The number of ether oxygens (including phenoxy) is 2. The van der Waals surface area contributed by atoms with Crippen LogP contribution >= 0.6 is 12.2 Å². The van der Waals surface area contributed by atoms with E-state index in [1.807, 2.05) is 36.5 Å². The van der Waals surface area contributed by atoms with E-state index in [4.69, 9.17) is 26.1 Å². The second-order valence-electron chi connectivity index (χ2n) is 6.67. The number of methoxy groups -OCH3 is 2. The molecule has 8 nitrogen and oxygen atoms in total. The van der Waals surface area contributed by atoms with Gasteiger partial charge in [0, 0.05) is 38.4 Å². The largest absolute Gasteiger partial charge is 0.497 e. The summed E-state index contributed by atoms with van der Waals surface area (Å²) in [6, 6.07) is 11.5. The molecule has 152 valence electrons. The van der Waals surface area contributed by atoms with Crippen molar-refractivity contribution >= 4 is 18.0 Å². The zero-order valence-corrected chi connectivity index (χ0v) is 17.3. The van der Waals surface area contributed by atoms with Gasteiger partial charge in [0.2, 0.25) is 0 Å². The van der Waals surface area contributed by atoms with Gasteiger partial charge in [0.05, 0.1) is 26.5 Å². The van der Waals surface area contributed by atoms with E-state index >= 15 is 0 Å². The molecule has 0 aliphatic carbocycles. The van der Waals surface area contributed by atoms with Crippen LogP contribution in [0.25, 0.3) is 11.5 Å². The van der Waals surface area contributed by atoms with Gasteiger partial charge in [-0.2, -0.15) is 0 Å². The van der Waals surface area contributed by atoms with Crippen LogP contribution in [0.5, 0.6) is 11.5 Å². The molecule has 3 aromatic rings. The van der Waals surface area contributed by atoms with Gasteiger partial charge >= 0.3 is 0 Å². The number of nitrogens with zero attached hydrogens (tertiary/aromatic N) is 5. The SMILES string of the molecule is COc1ccc(-c2nn(CN3CCN(c4ccccn4)CC3)c(=S)o2)c(OC)c1. The lowest BCUT2D eigenvalue weighted by Crippen LogP contribution is -2.47. The van der Waals surface area contributed by atoms with E-state index in [2.05, 4.69) is 19.9 Å². The quantitative estimate of drug-likeness (QED) is 0.571.